The number of nitrogens with zero attached hydrogens (tertiary/aromatic N) is 2. The Balaban J connectivity index is 2.23. The number of aromatic nitrogens is 1. The minimum absolute atomic E-state index is 0.137. The summed E-state index contributed by atoms with van der Waals surface area (Å²) in [6.07, 6.45) is 1.46. The number of sulfonamides is 1. The van der Waals surface area contributed by atoms with Crippen LogP contribution in [0.1, 0.15) is 11.7 Å². The van der Waals surface area contributed by atoms with Crippen LogP contribution >= 0.6 is 11.6 Å². The average Bonchev–Trinajstić information content (AvgIpc) is 2.82. The van der Waals surface area contributed by atoms with Gasteiger partial charge in [-0.3, -0.25) is 10.1 Å². The maximum absolute atomic E-state index is 12.1. The lowest BCUT2D eigenvalue weighted by Crippen LogP contribution is -2.23. The molecular formula is C11H10ClN3O5S. The monoisotopic (exact) mass is 331 g/mol. The van der Waals surface area contributed by atoms with Gasteiger partial charge in [-0.2, -0.15) is 0 Å². The van der Waals surface area contributed by atoms with Gasteiger partial charge in [-0.1, -0.05) is 11.6 Å². The number of halogens is 1. The summed E-state index contributed by atoms with van der Waals surface area (Å²) in [7, 11) is -3.94. The van der Waals surface area contributed by atoms with E-state index in [-0.39, 0.29) is 22.4 Å². The molecule has 0 aliphatic rings. The smallest absolute Gasteiger partial charge is 0.289 e. The summed E-state index contributed by atoms with van der Waals surface area (Å²) in [6, 6.07) is 3.23. The van der Waals surface area contributed by atoms with Gasteiger partial charge in [0.2, 0.25) is 15.9 Å². The number of benzene rings is 1. The Hall–Kier alpha value is -1.97. The molecule has 0 atom stereocenters. The third-order valence-corrected chi connectivity index (χ3v) is 4.23. The molecule has 0 aliphatic carbocycles. The van der Waals surface area contributed by atoms with Crippen LogP contribution in [0.25, 0.3) is 0 Å². The molecule has 1 aromatic heterocycles. The average molecular weight is 332 g/mol. The van der Waals surface area contributed by atoms with Crippen molar-refractivity contribution >= 4 is 27.3 Å². The first kappa shape index (κ1) is 15.4. The molecule has 1 N–H and O–H groups in total. The number of oxazole rings is 1. The molecule has 8 nitrogen and oxygen atoms in total. The van der Waals surface area contributed by atoms with E-state index in [1.807, 2.05) is 0 Å². The number of rotatable bonds is 5. The standard InChI is InChI=1S/C11H10ClN3O5S/c1-7-5-13-11(20-7)6-14-21(18,19)8-2-3-9(12)10(4-8)15(16)17/h2-5,14H,6H2,1H3. The second-order valence-electron chi connectivity index (χ2n) is 4.06. The summed E-state index contributed by atoms with van der Waals surface area (Å²) in [5.74, 6) is 0.742. The van der Waals surface area contributed by atoms with Gasteiger partial charge in [0.1, 0.15) is 10.8 Å². The van der Waals surface area contributed by atoms with Crippen LogP contribution in [0.2, 0.25) is 5.02 Å². The number of hydrogen-bond donors (Lipinski definition) is 1. The van der Waals surface area contributed by atoms with Crippen LogP contribution in [0, 0.1) is 17.0 Å². The largest absolute Gasteiger partial charge is 0.445 e. The molecule has 1 aromatic carbocycles. The van der Waals surface area contributed by atoms with Gasteiger partial charge in [0.05, 0.1) is 22.6 Å². The van der Waals surface area contributed by atoms with Crippen molar-refractivity contribution in [1.29, 1.82) is 0 Å². The van der Waals surface area contributed by atoms with E-state index in [1.54, 1.807) is 6.92 Å². The molecular weight excluding hydrogens is 322 g/mol. The quantitative estimate of drug-likeness (QED) is 0.662. The Kier molecular flexibility index (Phi) is 4.26. The van der Waals surface area contributed by atoms with Gasteiger partial charge in [0, 0.05) is 6.07 Å². The summed E-state index contributed by atoms with van der Waals surface area (Å²) in [5, 5.41) is 10.6. The van der Waals surface area contributed by atoms with E-state index in [2.05, 4.69) is 9.71 Å². The SMILES string of the molecule is Cc1cnc(CNS(=O)(=O)c2ccc(Cl)c([N+](=O)[O-])c2)o1. The van der Waals surface area contributed by atoms with Crippen LogP contribution in [0.4, 0.5) is 5.69 Å². The minimum Gasteiger partial charge on any atom is -0.445 e. The number of nitro groups is 1. The molecule has 0 unspecified atom stereocenters. The van der Waals surface area contributed by atoms with Crippen molar-refractivity contribution in [2.45, 2.75) is 18.4 Å². The van der Waals surface area contributed by atoms with E-state index in [4.69, 9.17) is 16.0 Å². The Morgan fingerprint density at radius 1 is 1.48 bits per heavy atom. The number of nitro benzene ring substituents is 1. The molecule has 112 valence electrons. The summed E-state index contributed by atoms with van der Waals surface area (Å²) >= 11 is 5.64. The van der Waals surface area contributed by atoms with E-state index in [1.165, 1.54) is 12.3 Å². The lowest BCUT2D eigenvalue weighted by atomic mass is 10.3. The van der Waals surface area contributed by atoms with Gasteiger partial charge < -0.3 is 4.42 Å². The second-order valence-corrected chi connectivity index (χ2v) is 6.23. The normalized spacial score (nSPS) is 11.5. The zero-order chi connectivity index (χ0) is 15.6. The van der Waals surface area contributed by atoms with Crippen LogP contribution in [0.15, 0.2) is 33.7 Å². The van der Waals surface area contributed by atoms with Gasteiger partial charge in [0.25, 0.3) is 5.69 Å². The van der Waals surface area contributed by atoms with Crippen LogP contribution in [0.5, 0.6) is 0 Å². The van der Waals surface area contributed by atoms with Crippen molar-refractivity contribution in [2.75, 3.05) is 0 Å². The van der Waals surface area contributed by atoms with Crippen molar-refractivity contribution in [3.8, 4) is 0 Å². The highest BCUT2D eigenvalue weighted by Gasteiger charge is 2.21. The maximum Gasteiger partial charge on any atom is 0.289 e. The molecule has 0 aliphatic heterocycles. The van der Waals surface area contributed by atoms with Crippen LogP contribution in [-0.4, -0.2) is 18.3 Å². The molecule has 0 bridgehead atoms. The Morgan fingerprint density at radius 3 is 2.76 bits per heavy atom. The van der Waals surface area contributed by atoms with E-state index in [0.29, 0.717) is 5.76 Å². The topological polar surface area (TPSA) is 115 Å². The fourth-order valence-corrected chi connectivity index (χ4v) is 2.70. The molecule has 21 heavy (non-hydrogen) atoms. The second kappa shape index (κ2) is 5.80. The molecule has 2 rings (SSSR count). The van der Waals surface area contributed by atoms with E-state index < -0.39 is 20.6 Å². The highest BCUT2D eigenvalue weighted by atomic mass is 35.5. The molecule has 0 amide bonds. The highest BCUT2D eigenvalue weighted by molar-refractivity contribution is 7.89. The van der Waals surface area contributed by atoms with Crippen molar-refractivity contribution < 1.29 is 17.8 Å². The molecule has 0 saturated carbocycles. The summed E-state index contributed by atoms with van der Waals surface area (Å²) in [4.78, 5) is 13.6. The number of hydrogen-bond acceptors (Lipinski definition) is 6. The van der Waals surface area contributed by atoms with Crippen LogP contribution in [0.3, 0.4) is 0 Å². The first-order chi connectivity index (χ1) is 9.79. The third kappa shape index (κ3) is 3.57. The zero-order valence-corrected chi connectivity index (χ0v) is 12.3. The Labute approximate surface area is 124 Å². The lowest BCUT2D eigenvalue weighted by molar-refractivity contribution is -0.384. The van der Waals surface area contributed by atoms with E-state index in [0.717, 1.165) is 12.1 Å². The van der Waals surface area contributed by atoms with E-state index in [9.17, 15) is 18.5 Å². The van der Waals surface area contributed by atoms with Gasteiger partial charge in [-0.05, 0) is 19.1 Å². The van der Waals surface area contributed by atoms with Gasteiger partial charge in [-0.15, -0.1) is 0 Å². The van der Waals surface area contributed by atoms with Gasteiger partial charge >= 0.3 is 0 Å². The van der Waals surface area contributed by atoms with Crippen molar-refractivity contribution in [2.24, 2.45) is 0 Å². The number of aryl methyl sites for hydroxylation is 1. The predicted molar refractivity (Wildman–Crippen MR) is 73.4 cm³/mol. The van der Waals surface area contributed by atoms with Crippen molar-refractivity contribution in [3.63, 3.8) is 0 Å². The summed E-state index contributed by atoms with van der Waals surface area (Å²) < 4.78 is 31.5. The van der Waals surface area contributed by atoms with E-state index >= 15 is 0 Å². The molecule has 0 radical (unpaired) electrons. The van der Waals surface area contributed by atoms with Crippen LogP contribution in [-0.2, 0) is 16.6 Å². The Bertz CT molecular complexity index is 787. The first-order valence-electron chi connectivity index (χ1n) is 5.64. The van der Waals surface area contributed by atoms with Gasteiger partial charge in [-0.25, -0.2) is 18.1 Å². The van der Waals surface area contributed by atoms with Crippen molar-refractivity contribution in [1.82, 2.24) is 9.71 Å². The van der Waals surface area contributed by atoms with Gasteiger partial charge in [0.15, 0.2) is 0 Å². The zero-order valence-electron chi connectivity index (χ0n) is 10.7. The summed E-state index contributed by atoms with van der Waals surface area (Å²) in [5.41, 5.74) is -0.480. The lowest BCUT2D eigenvalue weighted by Gasteiger charge is -2.05. The maximum atomic E-state index is 12.1. The first-order valence-corrected chi connectivity index (χ1v) is 7.50. The fourth-order valence-electron chi connectivity index (χ4n) is 1.52. The molecule has 10 heteroatoms. The summed E-state index contributed by atoms with van der Waals surface area (Å²) in [6.45, 7) is 1.51. The third-order valence-electron chi connectivity index (χ3n) is 2.51. The highest BCUT2D eigenvalue weighted by Crippen LogP contribution is 2.27. The predicted octanol–water partition coefficient (Wildman–Crippen LogP) is 2.02. The Morgan fingerprint density at radius 2 is 2.19 bits per heavy atom. The van der Waals surface area contributed by atoms with Crippen LogP contribution < -0.4 is 4.72 Å². The number of nitrogens with one attached hydrogen (secondary N) is 1. The molecule has 0 fully saturated rings. The molecule has 0 saturated heterocycles. The van der Waals surface area contributed by atoms with Crippen molar-refractivity contribution in [3.05, 3.63) is 51.2 Å². The molecule has 2 aromatic rings. The minimum atomic E-state index is -3.94. The molecule has 0 spiro atoms. The fraction of sp³-hybridized carbons (Fsp3) is 0.182. The molecule has 1 heterocycles.